The first-order valence-electron chi connectivity index (χ1n) is 3.56. The zero-order chi connectivity index (χ0) is 11.6. The summed E-state index contributed by atoms with van der Waals surface area (Å²) in [7, 11) is 0. The highest BCUT2D eigenvalue weighted by atomic mass is 35.5. The Hall–Kier alpha value is -1.61. The summed E-state index contributed by atoms with van der Waals surface area (Å²) in [5.74, 6) is -1.56. The highest BCUT2D eigenvalue weighted by Gasteiger charge is 2.24. The minimum atomic E-state index is -3.22. The number of nitriles is 1. The lowest BCUT2D eigenvalue weighted by Gasteiger charge is -2.05. The standard InChI is InChI=1S/C8H2ClF3N2O/c9-6(15)4-1-3(2-13)14-8(12)5(4)7(10)11/h1,7H. The third-order valence-corrected chi connectivity index (χ3v) is 1.76. The molecule has 0 radical (unpaired) electrons. The van der Waals surface area contributed by atoms with Crippen molar-refractivity contribution in [1.29, 1.82) is 5.26 Å². The molecule has 0 N–H and O–H groups in total. The van der Waals surface area contributed by atoms with Crippen molar-refractivity contribution in [1.82, 2.24) is 4.98 Å². The Kier molecular flexibility index (Phi) is 3.27. The number of carbonyl (C=O) groups excluding carboxylic acids is 1. The minimum absolute atomic E-state index is 0.485. The fourth-order valence-corrected chi connectivity index (χ4v) is 1.11. The summed E-state index contributed by atoms with van der Waals surface area (Å²) >= 11 is 4.98. The summed E-state index contributed by atoms with van der Waals surface area (Å²) < 4.78 is 37.6. The molecule has 0 fully saturated rings. The number of hydrogen-bond donors (Lipinski definition) is 0. The Labute approximate surface area is 87.1 Å². The summed E-state index contributed by atoms with van der Waals surface area (Å²) in [6.07, 6.45) is -3.22. The molecule has 0 aliphatic rings. The van der Waals surface area contributed by atoms with Crippen LogP contribution in [0, 0.1) is 17.3 Å². The van der Waals surface area contributed by atoms with E-state index in [1.807, 2.05) is 0 Å². The molecule has 1 aromatic rings. The van der Waals surface area contributed by atoms with Gasteiger partial charge in [0.1, 0.15) is 11.8 Å². The molecule has 0 unspecified atom stereocenters. The van der Waals surface area contributed by atoms with Crippen molar-refractivity contribution in [2.24, 2.45) is 0 Å². The van der Waals surface area contributed by atoms with Gasteiger partial charge in [-0.1, -0.05) is 0 Å². The van der Waals surface area contributed by atoms with E-state index in [0.29, 0.717) is 0 Å². The van der Waals surface area contributed by atoms with Gasteiger partial charge >= 0.3 is 0 Å². The van der Waals surface area contributed by atoms with Crippen molar-refractivity contribution in [2.45, 2.75) is 6.43 Å². The van der Waals surface area contributed by atoms with Gasteiger partial charge in [-0.3, -0.25) is 4.79 Å². The van der Waals surface area contributed by atoms with Crippen LogP contribution in [0.2, 0.25) is 0 Å². The van der Waals surface area contributed by atoms with E-state index in [2.05, 4.69) is 4.98 Å². The van der Waals surface area contributed by atoms with Gasteiger partial charge in [0.15, 0.2) is 0 Å². The average Bonchev–Trinajstić information content (AvgIpc) is 2.15. The van der Waals surface area contributed by atoms with Gasteiger partial charge in [0.05, 0.1) is 11.1 Å². The number of nitrogens with zero attached hydrogens (tertiary/aromatic N) is 2. The second-order valence-electron chi connectivity index (χ2n) is 2.45. The molecular weight excluding hydrogens is 233 g/mol. The average molecular weight is 235 g/mol. The second-order valence-corrected chi connectivity index (χ2v) is 2.79. The molecule has 0 aliphatic heterocycles. The first-order chi connectivity index (χ1) is 6.97. The smallest absolute Gasteiger partial charge is 0.269 e. The van der Waals surface area contributed by atoms with Crippen LogP contribution < -0.4 is 0 Å². The molecule has 0 spiro atoms. The van der Waals surface area contributed by atoms with E-state index in [9.17, 15) is 18.0 Å². The molecule has 0 aromatic carbocycles. The quantitative estimate of drug-likeness (QED) is 0.583. The van der Waals surface area contributed by atoms with Crippen LogP contribution >= 0.6 is 11.6 Å². The molecule has 0 aliphatic carbocycles. The van der Waals surface area contributed by atoms with Crippen LogP contribution in [0.25, 0.3) is 0 Å². The molecular formula is C8H2ClF3N2O. The maximum absolute atomic E-state index is 13.0. The topological polar surface area (TPSA) is 53.8 Å². The van der Waals surface area contributed by atoms with Crippen molar-refractivity contribution in [2.75, 3.05) is 0 Å². The van der Waals surface area contributed by atoms with E-state index in [0.717, 1.165) is 6.07 Å². The third kappa shape index (κ3) is 2.25. The number of rotatable bonds is 2. The van der Waals surface area contributed by atoms with Gasteiger partial charge in [0.2, 0.25) is 5.95 Å². The Morgan fingerprint density at radius 1 is 1.60 bits per heavy atom. The van der Waals surface area contributed by atoms with Crippen LogP contribution in [-0.4, -0.2) is 10.2 Å². The highest BCUT2D eigenvalue weighted by molar-refractivity contribution is 6.67. The van der Waals surface area contributed by atoms with Crippen molar-refractivity contribution in [3.8, 4) is 6.07 Å². The van der Waals surface area contributed by atoms with Crippen LogP contribution in [0.3, 0.4) is 0 Å². The number of pyridine rings is 1. The predicted molar refractivity (Wildman–Crippen MR) is 44.1 cm³/mol. The summed E-state index contributed by atoms with van der Waals surface area (Å²) in [6, 6.07) is 2.14. The van der Waals surface area contributed by atoms with E-state index >= 15 is 0 Å². The SMILES string of the molecule is N#Cc1cc(C(=O)Cl)c(C(F)F)c(F)n1. The summed E-state index contributed by atoms with van der Waals surface area (Å²) in [5, 5.41) is 7.12. The van der Waals surface area contributed by atoms with Crippen LogP contribution in [0.15, 0.2) is 6.07 Å². The van der Waals surface area contributed by atoms with Gasteiger partial charge in [0.25, 0.3) is 11.7 Å². The van der Waals surface area contributed by atoms with E-state index in [1.165, 1.54) is 6.07 Å². The molecule has 3 nitrogen and oxygen atoms in total. The van der Waals surface area contributed by atoms with Crippen molar-refractivity contribution in [3.05, 3.63) is 28.8 Å². The van der Waals surface area contributed by atoms with Crippen LogP contribution in [0.5, 0.6) is 0 Å². The fourth-order valence-electron chi connectivity index (χ4n) is 0.951. The Morgan fingerprint density at radius 2 is 2.20 bits per heavy atom. The molecule has 15 heavy (non-hydrogen) atoms. The zero-order valence-corrected chi connectivity index (χ0v) is 7.73. The van der Waals surface area contributed by atoms with E-state index in [1.54, 1.807) is 0 Å². The maximum atomic E-state index is 13.0. The molecule has 1 rings (SSSR count). The Balaban J connectivity index is 3.51. The van der Waals surface area contributed by atoms with Crippen LogP contribution in [0.1, 0.15) is 28.0 Å². The number of halogens is 4. The summed E-state index contributed by atoms with van der Waals surface area (Å²) in [5.41, 5.74) is -2.41. The first-order valence-corrected chi connectivity index (χ1v) is 3.93. The van der Waals surface area contributed by atoms with Crippen molar-refractivity contribution >= 4 is 16.8 Å². The highest BCUT2D eigenvalue weighted by Crippen LogP contribution is 2.26. The number of carbonyl (C=O) groups is 1. The number of alkyl halides is 2. The summed E-state index contributed by atoms with van der Waals surface area (Å²) in [4.78, 5) is 13.7. The molecule has 78 valence electrons. The van der Waals surface area contributed by atoms with Gasteiger partial charge in [-0.05, 0) is 17.7 Å². The number of hydrogen-bond acceptors (Lipinski definition) is 3. The molecule has 7 heteroatoms. The van der Waals surface area contributed by atoms with Gasteiger partial charge < -0.3 is 0 Å². The molecule has 1 aromatic heterocycles. The zero-order valence-electron chi connectivity index (χ0n) is 6.97. The fraction of sp³-hybridized carbons (Fsp3) is 0.125. The molecule has 1 heterocycles. The van der Waals surface area contributed by atoms with E-state index in [-0.39, 0.29) is 0 Å². The van der Waals surface area contributed by atoms with Gasteiger partial charge in [-0.25, -0.2) is 13.8 Å². The van der Waals surface area contributed by atoms with Crippen LogP contribution in [0.4, 0.5) is 13.2 Å². The van der Waals surface area contributed by atoms with E-state index in [4.69, 9.17) is 16.9 Å². The number of aromatic nitrogens is 1. The lowest BCUT2D eigenvalue weighted by Crippen LogP contribution is -2.06. The normalized spacial score (nSPS) is 10.1. The predicted octanol–water partition coefficient (Wildman–Crippen LogP) is 2.41. The third-order valence-electron chi connectivity index (χ3n) is 1.56. The van der Waals surface area contributed by atoms with Crippen molar-refractivity contribution < 1.29 is 18.0 Å². The van der Waals surface area contributed by atoms with Gasteiger partial charge in [0, 0.05) is 0 Å². The molecule has 0 bridgehead atoms. The summed E-state index contributed by atoms with van der Waals surface area (Å²) in [6.45, 7) is 0. The Bertz CT molecular complexity index is 456. The van der Waals surface area contributed by atoms with E-state index < -0.39 is 34.4 Å². The second kappa shape index (κ2) is 4.28. The molecule has 0 atom stereocenters. The van der Waals surface area contributed by atoms with Crippen molar-refractivity contribution in [3.63, 3.8) is 0 Å². The first kappa shape index (κ1) is 11.5. The lowest BCUT2D eigenvalue weighted by atomic mass is 10.1. The Morgan fingerprint density at radius 3 is 2.60 bits per heavy atom. The van der Waals surface area contributed by atoms with Crippen LogP contribution in [-0.2, 0) is 0 Å². The minimum Gasteiger partial charge on any atom is -0.276 e. The lowest BCUT2D eigenvalue weighted by molar-refractivity contribution is 0.106. The molecule has 0 amide bonds. The van der Waals surface area contributed by atoms with Gasteiger partial charge in [-0.15, -0.1) is 0 Å². The maximum Gasteiger partial charge on any atom is 0.269 e. The van der Waals surface area contributed by atoms with Gasteiger partial charge in [-0.2, -0.15) is 9.65 Å². The monoisotopic (exact) mass is 234 g/mol. The largest absolute Gasteiger partial charge is 0.276 e. The molecule has 0 saturated carbocycles. The molecule has 0 saturated heterocycles.